The van der Waals surface area contributed by atoms with Crippen LogP contribution in [0.2, 0.25) is 0 Å². The fraction of sp³-hybridized carbons (Fsp3) is 0.350. The van der Waals surface area contributed by atoms with Gasteiger partial charge in [-0.3, -0.25) is 14.2 Å². The third-order valence-electron chi connectivity index (χ3n) is 4.83. The number of benzene rings is 1. The van der Waals surface area contributed by atoms with Crippen LogP contribution in [0.5, 0.6) is 5.75 Å². The van der Waals surface area contributed by atoms with Gasteiger partial charge < -0.3 is 15.0 Å². The average Bonchev–Trinajstić information content (AvgIpc) is 3.02. The number of methoxy groups -OCH3 is 1. The number of thiophene rings is 1. The molecule has 3 rings (SSSR count). The predicted octanol–water partition coefficient (Wildman–Crippen LogP) is 2.49. The Morgan fingerprint density at radius 3 is 2.75 bits per heavy atom. The molecule has 1 N–H and O–H groups in total. The number of anilines is 1. The first kappa shape index (κ1) is 19.9. The number of nitrogens with zero attached hydrogens (tertiary/aromatic N) is 3. The lowest BCUT2D eigenvalue weighted by atomic mass is 10.2. The van der Waals surface area contributed by atoms with Gasteiger partial charge in [-0.05, 0) is 31.5 Å². The number of fused-ring (bicyclic) bond motifs is 1. The molecule has 0 spiro atoms. The number of ether oxygens (including phenoxy) is 1. The standard InChI is InChI=1S/C20H24N4O3S/c1-12-16-19(22-13(2)24(4)20(16)26)28-17(12)18(25)21-10-11-23(3)14-8-6-7-9-15(14)27-5/h6-9H,10-11H2,1-5H3,(H,21,25). The number of para-hydroxylation sites is 2. The van der Waals surface area contributed by atoms with Gasteiger partial charge in [0.05, 0.1) is 23.1 Å². The second kappa shape index (κ2) is 8.02. The molecule has 0 aliphatic rings. The van der Waals surface area contributed by atoms with Crippen LogP contribution in [0.25, 0.3) is 10.2 Å². The van der Waals surface area contributed by atoms with Crippen molar-refractivity contribution in [3.05, 3.63) is 50.9 Å². The van der Waals surface area contributed by atoms with Gasteiger partial charge in [0.1, 0.15) is 16.4 Å². The zero-order chi connectivity index (χ0) is 20.4. The molecule has 8 heteroatoms. The Morgan fingerprint density at radius 2 is 2.04 bits per heavy atom. The predicted molar refractivity (Wildman–Crippen MR) is 113 cm³/mol. The Labute approximate surface area is 167 Å². The van der Waals surface area contributed by atoms with Gasteiger partial charge in [-0.15, -0.1) is 11.3 Å². The summed E-state index contributed by atoms with van der Waals surface area (Å²) in [6.07, 6.45) is 0. The first-order valence-electron chi connectivity index (χ1n) is 8.94. The van der Waals surface area contributed by atoms with E-state index in [0.29, 0.717) is 39.6 Å². The molecule has 7 nitrogen and oxygen atoms in total. The van der Waals surface area contributed by atoms with Gasteiger partial charge in [0.25, 0.3) is 11.5 Å². The third kappa shape index (κ3) is 3.60. The number of nitrogens with one attached hydrogen (secondary N) is 1. The van der Waals surface area contributed by atoms with Crippen LogP contribution < -0.4 is 20.5 Å². The van der Waals surface area contributed by atoms with Crippen LogP contribution in [-0.2, 0) is 7.05 Å². The minimum absolute atomic E-state index is 0.119. The monoisotopic (exact) mass is 400 g/mol. The molecular formula is C20H24N4O3S. The molecule has 0 aliphatic heterocycles. The highest BCUT2D eigenvalue weighted by Gasteiger charge is 2.20. The van der Waals surface area contributed by atoms with Gasteiger partial charge in [0.15, 0.2) is 0 Å². The number of carbonyl (C=O) groups is 1. The lowest BCUT2D eigenvalue weighted by Gasteiger charge is -2.21. The van der Waals surface area contributed by atoms with Crippen LogP contribution in [0.15, 0.2) is 29.1 Å². The molecule has 0 saturated carbocycles. The molecule has 28 heavy (non-hydrogen) atoms. The van der Waals surface area contributed by atoms with Gasteiger partial charge >= 0.3 is 0 Å². The number of aromatic nitrogens is 2. The number of carbonyl (C=O) groups excluding carboxylic acids is 1. The molecule has 0 fully saturated rings. The van der Waals surface area contributed by atoms with Crippen molar-refractivity contribution in [2.75, 3.05) is 32.1 Å². The maximum absolute atomic E-state index is 12.7. The molecule has 2 heterocycles. The number of amides is 1. The third-order valence-corrected chi connectivity index (χ3v) is 6.02. The van der Waals surface area contributed by atoms with E-state index in [0.717, 1.165) is 11.4 Å². The van der Waals surface area contributed by atoms with Crippen LogP contribution in [-0.4, -0.2) is 42.7 Å². The largest absolute Gasteiger partial charge is 0.495 e. The van der Waals surface area contributed by atoms with E-state index in [-0.39, 0.29) is 11.5 Å². The topological polar surface area (TPSA) is 76.5 Å². The van der Waals surface area contributed by atoms with Gasteiger partial charge in [0.2, 0.25) is 0 Å². The van der Waals surface area contributed by atoms with Crippen LogP contribution in [0.4, 0.5) is 5.69 Å². The van der Waals surface area contributed by atoms with Gasteiger partial charge in [0, 0.05) is 27.2 Å². The first-order chi connectivity index (χ1) is 13.3. The fourth-order valence-electron chi connectivity index (χ4n) is 3.07. The molecule has 0 aliphatic carbocycles. The minimum Gasteiger partial charge on any atom is -0.495 e. The molecule has 0 unspecified atom stereocenters. The molecule has 0 bridgehead atoms. The van der Waals surface area contributed by atoms with Crippen molar-refractivity contribution in [3.8, 4) is 5.75 Å². The van der Waals surface area contributed by atoms with Crippen molar-refractivity contribution >= 4 is 33.1 Å². The second-order valence-electron chi connectivity index (χ2n) is 6.61. The number of likely N-dealkylation sites (N-methyl/N-ethyl adjacent to an activating group) is 1. The molecule has 1 aromatic carbocycles. The SMILES string of the molecule is COc1ccccc1N(C)CCNC(=O)c1sc2nc(C)n(C)c(=O)c2c1C. The maximum atomic E-state index is 12.7. The van der Waals surface area contributed by atoms with E-state index in [1.165, 1.54) is 15.9 Å². The quantitative estimate of drug-likeness (QED) is 0.688. The van der Waals surface area contributed by atoms with Crippen molar-refractivity contribution in [3.63, 3.8) is 0 Å². The Kier molecular flexibility index (Phi) is 5.69. The van der Waals surface area contributed by atoms with Crippen LogP contribution in [0.3, 0.4) is 0 Å². The Balaban J connectivity index is 1.73. The van der Waals surface area contributed by atoms with E-state index in [1.54, 1.807) is 28.0 Å². The van der Waals surface area contributed by atoms with Gasteiger partial charge in [-0.2, -0.15) is 0 Å². The summed E-state index contributed by atoms with van der Waals surface area (Å²) >= 11 is 1.26. The summed E-state index contributed by atoms with van der Waals surface area (Å²) < 4.78 is 6.88. The molecule has 1 amide bonds. The maximum Gasteiger partial charge on any atom is 0.262 e. The lowest BCUT2D eigenvalue weighted by Crippen LogP contribution is -2.33. The van der Waals surface area contributed by atoms with Gasteiger partial charge in [-0.25, -0.2) is 4.98 Å². The zero-order valence-corrected chi connectivity index (χ0v) is 17.5. The summed E-state index contributed by atoms with van der Waals surface area (Å²) in [5, 5.41) is 3.46. The Bertz CT molecular complexity index is 1090. The Morgan fingerprint density at radius 1 is 1.32 bits per heavy atom. The van der Waals surface area contributed by atoms with E-state index < -0.39 is 0 Å². The zero-order valence-electron chi connectivity index (χ0n) is 16.7. The van der Waals surface area contributed by atoms with E-state index in [9.17, 15) is 9.59 Å². The van der Waals surface area contributed by atoms with E-state index in [4.69, 9.17) is 4.74 Å². The van der Waals surface area contributed by atoms with Crippen molar-refractivity contribution in [1.29, 1.82) is 0 Å². The Hall–Kier alpha value is -2.87. The van der Waals surface area contributed by atoms with E-state index >= 15 is 0 Å². The summed E-state index contributed by atoms with van der Waals surface area (Å²) in [5.41, 5.74) is 1.52. The molecule has 148 valence electrons. The molecule has 0 atom stereocenters. The normalized spacial score (nSPS) is 10.9. The number of rotatable bonds is 6. The summed E-state index contributed by atoms with van der Waals surface area (Å²) in [6, 6.07) is 7.74. The summed E-state index contributed by atoms with van der Waals surface area (Å²) in [4.78, 5) is 32.8. The van der Waals surface area contributed by atoms with E-state index in [2.05, 4.69) is 10.3 Å². The van der Waals surface area contributed by atoms with Crippen LogP contribution in [0, 0.1) is 13.8 Å². The van der Waals surface area contributed by atoms with Crippen molar-refractivity contribution in [1.82, 2.24) is 14.9 Å². The average molecular weight is 401 g/mol. The van der Waals surface area contributed by atoms with Gasteiger partial charge in [-0.1, -0.05) is 12.1 Å². The summed E-state index contributed by atoms with van der Waals surface area (Å²) in [6.45, 7) is 4.66. The first-order valence-corrected chi connectivity index (χ1v) is 9.75. The molecule has 2 aromatic heterocycles. The minimum atomic E-state index is -0.186. The second-order valence-corrected chi connectivity index (χ2v) is 7.61. The van der Waals surface area contributed by atoms with Crippen molar-refractivity contribution < 1.29 is 9.53 Å². The van der Waals surface area contributed by atoms with Crippen LogP contribution in [0.1, 0.15) is 21.1 Å². The highest BCUT2D eigenvalue weighted by Crippen LogP contribution is 2.28. The molecule has 0 radical (unpaired) electrons. The number of aryl methyl sites for hydroxylation is 2. The highest BCUT2D eigenvalue weighted by atomic mass is 32.1. The van der Waals surface area contributed by atoms with Crippen molar-refractivity contribution in [2.24, 2.45) is 7.05 Å². The number of hydrogen-bond acceptors (Lipinski definition) is 6. The number of hydrogen-bond donors (Lipinski definition) is 1. The van der Waals surface area contributed by atoms with E-state index in [1.807, 2.05) is 36.2 Å². The fourth-order valence-corrected chi connectivity index (χ4v) is 4.20. The summed E-state index contributed by atoms with van der Waals surface area (Å²) in [7, 11) is 5.28. The molecule has 3 aromatic rings. The highest BCUT2D eigenvalue weighted by molar-refractivity contribution is 7.20. The van der Waals surface area contributed by atoms with Crippen LogP contribution >= 0.6 is 11.3 Å². The molecular weight excluding hydrogens is 376 g/mol. The molecule has 0 saturated heterocycles. The van der Waals surface area contributed by atoms with Crippen molar-refractivity contribution in [2.45, 2.75) is 13.8 Å². The lowest BCUT2D eigenvalue weighted by molar-refractivity contribution is 0.0958. The summed E-state index contributed by atoms with van der Waals surface area (Å²) in [5.74, 6) is 1.23. The smallest absolute Gasteiger partial charge is 0.262 e.